The van der Waals surface area contributed by atoms with Crippen LogP contribution in [0.15, 0.2) is 18.2 Å². The Kier molecular flexibility index (Phi) is 2.26. The number of aryl methyl sites for hydroxylation is 1. The molecule has 0 saturated carbocycles. The predicted molar refractivity (Wildman–Crippen MR) is 61.9 cm³/mol. The highest BCUT2D eigenvalue weighted by Gasteiger charge is 2.23. The summed E-state index contributed by atoms with van der Waals surface area (Å²) < 4.78 is 5.76. The van der Waals surface area contributed by atoms with Crippen LogP contribution in [0.3, 0.4) is 0 Å². The Morgan fingerprint density at radius 3 is 2.69 bits per heavy atom. The molecule has 1 aromatic rings. The third-order valence-corrected chi connectivity index (χ3v) is 2.62. The van der Waals surface area contributed by atoms with E-state index in [1.54, 1.807) is 19.1 Å². The van der Waals surface area contributed by atoms with E-state index in [1.165, 1.54) is 0 Å². The lowest BCUT2D eigenvalue weighted by atomic mass is 9.98. The van der Waals surface area contributed by atoms with Crippen LogP contribution in [-0.2, 0) is 0 Å². The van der Waals surface area contributed by atoms with Gasteiger partial charge in [-0.25, -0.2) is 4.79 Å². The summed E-state index contributed by atoms with van der Waals surface area (Å²) in [6, 6.07) is 3.43. The average molecular weight is 218 g/mol. The Labute approximate surface area is 94.4 Å². The molecule has 0 atom stereocenters. The first-order valence-corrected chi connectivity index (χ1v) is 5.15. The molecule has 1 N–H and O–H groups in total. The SMILES string of the molecule is Cc1cc2c(cc1C(=O)O)C=CC(C)(C)O2. The summed E-state index contributed by atoms with van der Waals surface area (Å²) in [6.45, 7) is 5.71. The number of ether oxygens (including phenoxy) is 1. The molecule has 84 valence electrons. The summed E-state index contributed by atoms with van der Waals surface area (Å²) in [5.41, 5.74) is 1.54. The standard InChI is InChI=1S/C13H14O3/c1-8-6-11-9(7-10(8)12(14)15)4-5-13(2,3)16-11/h4-7H,1-3H3,(H,14,15). The van der Waals surface area contributed by atoms with Gasteiger partial charge in [0.2, 0.25) is 0 Å². The van der Waals surface area contributed by atoms with Crippen molar-refractivity contribution in [2.45, 2.75) is 26.4 Å². The molecule has 0 amide bonds. The molecule has 1 aliphatic rings. The second-order valence-electron chi connectivity index (χ2n) is 4.55. The first-order valence-electron chi connectivity index (χ1n) is 5.15. The van der Waals surface area contributed by atoms with Gasteiger partial charge in [-0.3, -0.25) is 0 Å². The quantitative estimate of drug-likeness (QED) is 0.788. The summed E-state index contributed by atoms with van der Waals surface area (Å²) in [5, 5.41) is 9.00. The topological polar surface area (TPSA) is 46.5 Å². The number of benzene rings is 1. The molecule has 16 heavy (non-hydrogen) atoms. The fraction of sp³-hybridized carbons (Fsp3) is 0.308. The molecule has 0 fully saturated rings. The smallest absolute Gasteiger partial charge is 0.335 e. The van der Waals surface area contributed by atoms with Crippen molar-refractivity contribution in [3.8, 4) is 5.75 Å². The van der Waals surface area contributed by atoms with E-state index in [-0.39, 0.29) is 5.60 Å². The minimum Gasteiger partial charge on any atom is -0.483 e. The van der Waals surface area contributed by atoms with Gasteiger partial charge in [-0.05, 0) is 44.5 Å². The minimum absolute atomic E-state index is 0.326. The second-order valence-corrected chi connectivity index (χ2v) is 4.55. The Hall–Kier alpha value is -1.77. The van der Waals surface area contributed by atoms with Crippen LogP contribution in [0.5, 0.6) is 5.75 Å². The van der Waals surface area contributed by atoms with Crippen LogP contribution in [0.1, 0.15) is 35.3 Å². The van der Waals surface area contributed by atoms with E-state index in [9.17, 15) is 4.79 Å². The molecule has 1 aliphatic heterocycles. The highest BCUT2D eigenvalue weighted by atomic mass is 16.5. The van der Waals surface area contributed by atoms with Crippen LogP contribution in [0, 0.1) is 6.92 Å². The van der Waals surface area contributed by atoms with Gasteiger partial charge in [0.1, 0.15) is 11.4 Å². The van der Waals surface area contributed by atoms with Crippen LogP contribution in [0.4, 0.5) is 0 Å². The number of carboxylic acids is 1. The number of fused-ring (bicyclic) bond motifs is 1. The van der Waals surface area contributed by atoms with E-state index >= 15 is 0 Å². The summed E-state index contributed by atoms with van der Waals surface area (Å²) >= 11 is 0. The molecule has 0 spiro atoms. The molecule has 3 nitrogen and oxygen atoms in total. The third-order valence-electron chi connectivity index (χ3n) is 2.62. The van der Waals surface area contributed by atoms with Crippen molar-refractivity contribution >= 4 is 12.0 Å². The van der Waals surface area contributed by atoms with Crippen LogP contribution in [0.25, 0.3) is 6.08 Å². The predicted octanol–water partition coefficient (Wildman–Crippen LogP) is 2.88. The Morgan fingerprint density at radius 1 is 1.38 bits per heavy atom. The first kappa shape index (κ1) is 10.7. The molecule has 0 bridgehead atoms. The lowest BCUT2D eigenvalue weighted by molar-refractivity contribution is 0.0696. The van der Waals surface area contributed by atoms with Gasteiger partial charge in [0.05, 0.1) is 5.56 Å². The van der Waals surface area contributed by atoms with E-state index in [0.717, 1.165) is 16.9 Å². The van der Waals surface area contributed by atoms with Crippen molar-refractivity contribution in [1.29, 1.82) is 0 Å². The van der Waals surface area contributed by atoms with Crippen molar-refractivity contribution in [2.75, 3.05) is 0 Å². The van der Waals surface area contributed by atoms with Crippen molar-refractivity contribution in [1.82, 2.24) is 0 Å². The Bertz CT molecular complexity index is 484. The Balaban J connectivity index is 2.54. The normalized spacial score (nSPS) is 16.4. The molecule has 3 heteroatoms. The van der Waals surface area contributed by atoms with Crippen LogP contribution < -0.4 is 4.74 Å². The molecule has 0 aliphatic carbocycles. The van der Waals surface area contributed by atoms with E-state index in [2.05, 4.69) is 0 Å². The zero-order valence-corrected chi connectivity index (χ0v) is 9.57. The van der Waals surface area contributed by atoms with Crippen molar-refractivity contribution in [3.05, 3.63) is 34.9 Å². The Morgan fingerprint density at radius 2 is 2.06 bits per heavy atom. The van der Waals surface area contributed by atoms with Gasteiger partial charge in [0.25, 0.3) is 0 Å². The first-order chi connectivity index (χ1) is 7.39. The molecular weight excluding hydrogens is 204 g/mol. The number of carboxylic acid groups (broad SMARTS) is 1. The molecule has 0 radical (unpaired) electrons. The van der Waals surface area contributed by atoms with E-state index in [4.69, 9.17) is 9.84 Å². The van der Waals surface area contributed by atoms with Crippen LogP contribution >= 0.6 is 0 Å². The van der Waals surface area contributed by atoms with Gasteiger partial charge in [-0.2, -0.15) is 0 Å². The lowest BCUT2D eigenvalue weighted by Crippen LogP contribution is -2.27. The average Bonchev–Trinajstić information content (AvgIpc) is 2.14. The summed E-state index contributed by atoms with van der Waals surface area (Å²) in [4.78, 5) is 11.0. The van der Waals surface area contributed by atoms with Gasteiger partial charge < -0.3 is 9.84 Å². The van der Waals surface area contributed by atoms with E-state index < -0.39 is 5.97 Å². The van der Waals surface area contributed by atoms with Crippen molar-refractivity contribution < 1.29 is 14.6 Å². The number of aromatic carboxylic acids is 1. The van der Waals surface area contributed by atoms with Gasteiger partial charge in [0, 0.05) is 5.56 Å². The maximum Gasteiger partial charge on any atom is 0.335 e. The fourth-order valence-corrected chi connectivity index (χ4v) is 1.76. The van der Waals surface area contributed by atoms with E-state index in [0.29, 0.717) is 5.56 Å². The summed E-state index contributed by atoms with van der Waals surface area (Å²) in [6.07, 6.45) is 3.83. The molecule has 0 saturated heterocycles. The van der Waals surface area contributed by atoms with Crippen LogP contribution in [-0.4, -0.2) is 16.7 Å². The number of rotatable bonds is 1. The molecule has 0 unspecified atom stereocenters. The van der Waals surface area contributed by atoms with Gasteiger partial charge in [-0.1, -0.05) is 6.08 Å². The van der Waals surface area contributed by atoms with Gasteiger partial charge in [0.15, 0.2) is 0 Å². The minimum atomic E-state index is -0.904. The third kappa shape index (κ3) is 1.81. The largest absolute Gasteiger partial charge is 0.483 e. The molecule has 0 aromatic heterocycles. The highest BCUT2D eigenvalue weighted by Crippen LogP contribution is 2.32. The maximum absolute atomic E-state index is 11.0. The van der Waals surface area contributed by atoms with E-state index in [1.807, 2.05) is 26.0 Å². The van der Waals surface area contributed by atoms with Crippen LogP contribution in [0.2, 0.25) is 0 Å². The molecule has 2 rings (SSSR count). The zero-order valence-electron chi connectivity index (χ0n) is 9.57. The summed E-state index contributed by atoms with van der Waals surface area (Å²) in [5.74, 6) is -0.159. The molecule has 1 aromatic carbocycles. The number of hydrogen-bond acceptors (Lipinski definition) is 2. The summed E-state index contributed by atoms with van der Waals surface area (Å²) in [7, 11) is 0. The van der Waals surface area contributed by atoms with Crippen molar-refractivity contribution in [3.63, 3.8) is 0 Å². The van der Waals surface area contributed by atoms with Gasteiger partial charge >= 0.3 is 5.97 Å². The zero-order chi connectivity index (χ0) is 11.9. The lowest BCUT2D eigenvalue weighted by Gasteiger charge is -2.28. The maximum atomic E-state index is 11.0. The second kappa shape index (κ2) is 3.37. The fourth-order valence-electron chi connectivity index (χ4n) is 1.76. The molecule has 1 heterocycles. The van der Waals surface area contributed by atoms with Gasteiger partial charge in [-0.15, -0.1) is 0 Å². The monoisotopic (exact) mass is 218 g/mol. The number of carbonyl (C=O) groups is 1. The number of hydrogen-bond donors (Lipinski definition) is 1. The molecular formula is C13H14O3. The highest BCUT2D eigenvalue weighted by molar-refractivity contribution is 5.90. The van der Waals surface area contributed by atoms with Crippen molar-refractivity contribution in [2.24, 2.45) is 0 Å².